The number of halogens is 1. The minimum atomic E-state index is -0.576. The smallest absolute Gasteiger partial charge is 0.264 e. The second-order valence-electron chi connectivity index (χ2n) is 5.19. The second-order valence-corrected chi connectivity index (χ2v) is 5.63. The van der Waals surface area contributed by atoms with Gasteiger partial charge in [-0.05, 0) is 29.8 Å². The average Bonchev–Trinajstić information content (AvgIpc) is 2.55. The van der Waals surface area contributed by atoms with E-state index < -0.39 is 6.17 Å². The lowest BCUT2D eigenvalue weighted by Gasteiger charge is -2.25. The highest BCUT2D eigenvalue weighted by molar-refractivity contribution is 6.30. The minimum Gasteiger partial charge on any atom is -0.370 e. The van der Waals surface area contributed by atoms with Gasteiger partial charge in [-0.3, -0.25) is 14.7 Å². The predicted octanol–water partition coefficient (Wildman–Crippen LogP) is 2.34. The molecule has 1 atom stereocenters. The Bertz CT molecular complexity index is 994. The van der Waals surface area contributed by atoms with Crippen LogP contribution in [0, 0.1) is 0 Å². The maximum atomic E-state index is 12.9. The van der Waals surface area contributed by atoms with Gasteiger partial charge in [0.05, 0.1) is 10.9 Å². The molecule has 0 saturated carbocycles. The molecule has 1 aliphatic heterocycles. The zero-order chi connectivity index (χ0) is 16.0. The lowest BCUT2D eigenvalue weighted by atomic mass is 10.1. The van der Waals surface area contributed by atoms with Crippen molar-refractivity contribution in [3.05, 3.63) is 69.5 Å². The van der Waals surface area contributed by atoms with Gasteiger partial charge in [0.1, 0.15) is 0 Å². The summed E-state index contributed by atoms with van der Waals surface area (Å²) in [6.07, 6.45) is -0.576. The zero-order valence-corrected chi connectivity index (χ0v) is 12.7. The van der Waals surface area contributed by atoms with Crippen molar-refractivity contribution in [2.24, 2.45) is 10.7 Å². The molecule has 4 rings (SSSR count). The van der Waals surface area contributed by atoms with E-state index in [2.05, 4.69) is 15.3 Å². The summed E-state index contributed by atoms with van der Waals surface area (Å²) in [5.41, 5.74) is 7.10. The van der Waals surface area contributed by atoms with Crippen molar-refractivity contribution in [3.63, 3.8) is 0 Å². The summed E-state index contributed by atoms with van der Waals surface area (Å²) < 4.78 is 1.50. The number of rotatable bonds is 1. The third-order valence-corrected chi connectivity index (χ3v) is 3.97. The van der Waals surface area contributed by atoms with E-state index in [0.717, 1.165) is 5.56 Å². The summed E-state index contributed by atoms with van der Waals surface area (Å²) in [7, 11) is 0. The number of hydrogen-bond donors (Lipinski definition) is 2. The first-order valence-corrected chi connectivity index (χ1v) is 7.38. The van der Waals surface area contributed by atoms with Gasteiger partial charge in [-0.1, -0.05) is 35.9 Å². The second kappa shape index (κ2) is 5.10. The standard InChI is InChI=1S/C16H12ClN5O/c17-10-7-5-9(6-8-10)13-20-15(18)21-16-19-12-4-2-1-3-11(12)14(23)22(13)16/h1-8,13H,(H3,18,19,20,21). The molecule has 23 heavy (non-hydrogen) atoms. The molecule has 3 N–H and O–H groups in total. The van der Waals surface area contributed by atoms with Crippen LogP contribution in [0.3, 0.4) is 0 Å². The van der Waals surface area contributed by atoms with Crippen molar-refractivity contribution in [2.45, 2.75) is 6.17 Å². The van der Waals surface area contributed by atoms with E-state index >= 15 is 0 Å². The van der Waals surface area contributed by atoms with Gasteiger partial charge < -0.3 is 5.73 Å². The van der Waals surface area contributed by atoms with Crippen molar-refractivity contribution in [1.29, 1.82) is 0 Å². The van der Waals surface area contributed by atoms with Crippen LogP contribution < -0.4 is 16.6 Å². The number of hydrogen-bond acceptors (Lipinski definition) is 5. The molecular weight excluding hydrogens is 314 g/mol. The molecule has 7 heteroatoms. The van der Waals surface area contributed by atoms with Gasteiger partial charge in [0.25, 0.3) is 5.56 Å². The lowest BCUT2D eigenvalue weighted by molar-refractivity contribution is 0.584. The minimum absolute atomic E-state index is 0.172. The number of anilines is 1. The fraction of sp³-hybridized carbons (Fsp3) is 0.0625. The van der Waals surface area contributed by atoms with Crippen LogP contribution in [-0.4, -0.2) is 15.5 Å². The molecule has 0 saturated heterocycles. The zero-order valence-electron chi connectivity index (χ0n) is 11.9. The summed E-state index contributed by atoms with van der Waals surface area (Å²) in [4.78, 5) is 21.7. The molecule has 6 nitrogen and oxygen atoms in total. The highest BCUT2D eigenvalue weighted by Gasteiger charge is 2.24. The number of nitrogens with two attached hydrogens (primary N) is 1. The monoisotopic (exact) mass is 325 g/mol. The molecule has 0 spiro atoms. The van der Waals surface area contributed by atoms with E-state index in [1.165, 1.54) is 4.57 Å². The van der Waals surface area contributed by atoms with Gasteiger partial charge in [-0.2, -0.15) is 0 Å². The van der Waals surface area contributed by atoms with Crippen LogP contribution in [0.25, 0.3) is 10.9 Å². The predicted molar refractivity (Wildman–Crippen MR) is 90.8 cm³/mol. The van der Waals surface area contributed by atoms with Gasteiger partial charge in [0.15, 0.2) is 12.1 Å². The molecule has 114 valence electrons. The van der Waals surface area contributed by atoms with E-state index in [4.69, 9.17) is 17.3 Å². The third-order valence-electron chi connectivity index (χ3n) is 3.72. The fourth-order valence-corrected chi connectivity index (χ4v) is 2.78. The number of aromatic nitrogens is 2. The third kappa shape index (κ3) is 2.24. The Morgan fingerprint density at radius 2 is 1.87 bits per heavy atom. The van der Waals surface area contributed by atoms with Gasteiger partial charge >= 0.3 is 0 Å². The van der Waals surface area contributed by atoms with E-state index in [9.17, 15) is 4.79 Å². The van der Waals surface area contributed by atoms with E-state index in [1.807, 2.05) is 24.3 Å². The molecule has 3 aromatic rings. The number of fused-ring (bicyclic) bond motifs is 2. The van der Waals surface area contributed by atoms with Crippen LogP contribution in [-0.2, 0) is 0 Å². The van der Waals surface area contributed by atoms with Crippen molar-refractivity contribution >= 4 is 34.4 Å². The number of nitrogens with one attached hydrogen (secondary N) is 1. The largest absolute Gasteiger partial charge is 0.370 e. The average molecular weight is 326 g/mol. The summed E-state index contributed by atoms with van der Waals surface area (Å²) in [6, 6.07) is 14.3. The maximum absolute atomic E-state index is 12.9. The molecule has 0 aliphatic carbocycles. The van der Waals surface area contributed by atoms with Gasteiger partial charge in [-0.25, -0.2) is 9.98 Å². The Labute approximate surface area is 136 Å². The van der Waals surface area contributed by atoms with Gasteiger partial charge in [-0.15, -0.1) is 0 Å². The highest BCUT2D eigenvalue weighted by Crippen LogP contribution is 2.26. The summed E-state index contributed by atoms with van der Waals surface area (Å²) in [6.45, 7) is 0. The fourth-order valence-electron chi connectivity index (χ4n) is 2.66. The number of para-hydroxylation sites is 1. The topological polar surface area (TPSA) is 85.3 Å². The number of nitrogens with zero attached hydrogens (tertiary/aromatic N) is 3. The number of benzene rings is 2. The first-order valence-electron chi connectivity index (χ1n) is 7.00. The Morgan fingerprint density at radius 1 is 1.13 bits per heavy atom. The Kier molecular flexibility index (Phi) is 3.06. The van der Waals surface area contributed by atoms with Crippen molar-refractivity contribution in [1.82, 2.24) is 9.55 Å². The molecular formula is C16H12ClN5O. The molecule has 0 radical (unpaired) electrons. The van der Waals surface area contributed by atoms with Crippen molar-refractivity contribution in [2.75, 3.05) is 5.32 Å². The van der Waals surface area contributed by atoms with Crippen LogP contribution in [0.15, 0.2) is 58.3 Å². The normalized spacial score (nSPS) is 16.6. The van der Waals surface area contributed by atoms with Crippen LogP contribution in [0.2, 0.25) is 5.02 Å². The van der Waals surface area contributed by atoms with E-state index in [0.29, 0.717) is 21.9 Å². The molecule has 0 fully saturated rings. The highest BCUT2D eigenvalue weighted by atomic mass is 35.5. The van der Waals surface area contributed by atoms with Crippen LogP contribution >= 0.6 is 11.6 Å². The number of guanidine groups is 1. The maximum Gasteiger partial charge on any atom is 0.264 e. The van der Waals surface area contributed by atoms with Gasteiger partial charge in [0, 0.05) is 5.02 Å². The molecule has 2 heterocycles. The molecule has 2 aromatic carbocycles. The Hall–Kier alpha value is -2.86. The Morgan fingerprint density at radius 3 is 2.65 bits per heavy atom. The first kappa shape index (κ1) is 13.8. The summed E-state index contributed by atoms with van der Waals surface area (Å²) >= 11 is 5.94. The number of aliphatic imine (C=N–C) groups is 1. The molecule has 0 amide bonds. The molecule has 0 bridgehead atoms. The van der Waals surface area contributed by atoms with E-state index in [1.54, 1.807) is 24.3 Å². The SMILES string of the molecule is NC1=NC(c2ccc(Cl)cc2)n2c(nc3ccccc3c2=O)N1. The Balaban J connectivity index is 2.00. The van der Waals surface area contributed by atoms with Crippen LogP contribution in [0.1, 0.15) is 11.7 Å². The quantitative estimate of drug-likeness (QED) is 0.719. The van der Waals surface area contributed by atoms with Crippen LogP contribution in [0.5, 0.6) is 0 Å². The molecule has 1 aliphatic rings. The van der Waals surface area contributed by atoms with Crippen molar-refractivity contribution in [3.8, 4) is 0 Å². The molecule has 1 unspecified atom stereocenters. The summed E-state index contributed by atoms with van der Waals surface area (Å²) in [5.74, 6) is 0.591. The van der Waals surface area contributed by atoms with E-state index in [-0.39, 0.29) is 11.5 Å². The van der Waals surface area contributed by atoms with Crippen LogP contribution in [0.4, 0.5) is 5.95 Å². The molecule has 1 aromatic heterocycles. The summed E-state index contributed by atoms with van der Waals surface area (Å²) in [5, 5.41) is 4.01. The first-order chi connectivity index (χ1) is 11.1. The van der Waals surface area contributed by atoms with Gasteiger partial charge in [0.2, 0.25) is 5.95 Å². The lowest BCUT2D eigenvalue weighted by Crippen LogP contribution is -2.38. The van der Waals surface area contributed by atoms with Crippen molar-refractivity contribution < 1.29 is 0 Å².